The van der Waals surface area contributed by atoms with Crippen LogP contribution >= 0.6 is 0 Å². The molecule has 21 heteroatoms. The second-order valence-electron chi connectivity index (χ2n) is 25.6. The molecule has 5 aliphatic heterocycles. The summed E-state index contributed by atoms with van der Waals surface area (Å²) in [7, 11) is 0. The number of esters is 2. The zero-order valence-corrected chi connectivity index (χ0v) is 55.4. The number of aromatic carboxylic acids is 2. The summed E-state index contributed by atoms with van der Waals surface area (Å²) >= 11 is 0. The maximum absolute atomic E-state index is 15.8. The lowest BCUT2D eigenvalue weighted by Gasteiger charge is -2.31. The van der Waals surface area contributed by atoms with Crippen molar-refractivity contribution < 1.29 is 102 Å². The minimum atomic E-state index is -2.01. The standard InChI is InChI=1S/C85H58O21/c86-61-41-48(42-65-70(61)100-82(99-65,49-25-9-1-10-26-49)50-27-11-2-12-28-50)80(94)97-47-98-81(95)59-45-64(89)73-77(106-85(103-73,55-37-21-7-22-38-55)56-39-23-8-24-40-56)69(59)74-68(67-58(79(92)93)44-63(88)72-76(67)105-84(102-72,53-33-17-5-18-34-53)54-35-19-6-20-36-54)60(46-96-74)66-57(78(90)91)43-62(87)71-75(66)104-83(101-71,51-29-13-3-14-30-51)52-31-15-4-16-32-52/h1-45,60,68,74,86-89H,46-47H2,(H,90,91)(H,92,93)/t60-,68+,74+/m0/s1. The van der Waals surface area contributed by atoms with E-state index in [0.717, 1.165) is 24.3 Å². The summed E-state index contributed by atoms with van der Waals surface area (Å²) in [5.41, 5.74) is 0.555. The van der Waals surface area contributed by atoms with Crippen LogP contribution in [0.3, 0.4) is 0 Å². The quantitative estimate of drug-likeness (QED) is 0.0365. The molecule has 0 amide bonds. The monoisotopic (exact) mass is 1410 g/mol. The predicted molar refractivity (Wildman–Crippen MR) is 376 cm³/mol. The predicted octanol–water partition coefficient (Wildman–Crippen LogP) is 15.2. The first-order valence-electron chi connectivity index (χ1n) is 33.5. The van der Waals surface area contributed by atoms with E-state index in [1.807, 2.05) is 12.1 Å². The number of hydrogen-bond acceptors (Lipinski definition) is 19. The third-order valence-electron chi connectivity index (χ3n) is 19.5. The van der Waals surface area contributed by atoms with E-state index in [2.05, 4.69) is 0 Å². The van der Waals surface area contributed by atoms with Gasteiger partial charge in [-0.1, -0.05) is 243 Å². The zero-order chi connectivity index (χ0) is 72.6. The summed E-state index contributed by atoms with van der Waals surface area (Å²) in [5.74, 6) is -21.3. The first kappa shape index (κ1) is 65.4. The van der Waals surface area contributed by atoms with Gasteiger partial charge in [0, 0.05) is 73.0 Å². The minimum Gasteiger partial charge on any atom is -0.504 e. The summed E-state index contributed by atoms with van der Waals surface area (Å²) in [6, 6.07) is 75.2. The van der Waals surface area contributed by atoms with Crippen molar-refractivity contribution in [3.05, 3.63) is 356 Å². The van der Waals surface area contributed by atoms with E-state index in [0.29, 0.717) is 44.5 Å². The van der Waals surface area contributed by atoms with Crippen molar-refractivity contribution in [1.82, 2.24) is 0 Å². The molecule has 5 aliphatic rings. The van der Waals surface area contributed by atoms with Gasteiger partial charge in [-0.25, -0.2) is 19.2 Å². The fourth-order valence-electron chi connectivity index (χ4n) is 14.8. The van der Waals surface area contributed by atoms with Crippen molar-refractivity contribution >= 4 is 23.9 Å². The number of aromatic hydroxyl groups is 4. The molecule has 0 unspecified atom stereocenters. The molecule has 0 bridgehead atoms. The molecule has 5 heterocycles. The Labute approximate surface area is 602 Å². The Bertz CT molecular complexity index is 5300. The van der Waals surface area contributed by atoms with Crippen LogP contribution in [0.4, 0.5) is 0 Å². The number of ether oxygens (including phenoxy) is 11. The molecule has 17 rings (SSSR count). The van der Waals surface area contributed by atoms with Gasteiger partial charge in [0.2, 0.25) is 29.8 Å². The Morgan fingerprint density at radius 2 is 0.623 bits per heavy atom. The van der Waals surface area contributed by atoms with E-state index in [9.17, 15) is 45.0 Å². The van der Waals surface area contributed by atoms with Crippen LogP contribution in [0.15, 0.2) is 273 Å². The maximum atomic E-state index is 15.8. The number of carboxylic acids is 2. The van der Waals surface area contributed by atoms with Crippen molar-refractivity contribution in [3.8, 4) is 69.0 Å². The smallest absolute Gasteiger partial charge is 0.341 e. The van der Waals surface area contributed by atoms with Gasteiger partial charge in [0.15, 0.2) is 46.0 Å². The average molecular weight is 1420 g/mol. The highest BCUT2D eigenvalue weighted by Gasteiger charge is 2.59. The van der Waals surface area contributed by atoms with Crippen molar-refractivity contribution in [1.29, 1.82) is 0 Å². The van der Waals surface area contributed by atoms with Gasteiger partial charge in [0.25, 0.3) is 0 Å². The van der Waals surface area contributed by atoms with Crippen LogP contribution in [0.25, 0.3) is 0 Å². The van der Waals surface area contributed by atoms with Crippen LogP contribution in [0.1, 0.15) is 121 Å². The van der Waals surface area contributed by atoms with Gasteiger partial charge in [-0.3, -0.25) is 0 Å². The van der Waals surface area contributed by atoms with Crippen molar-refractivity contribution in [3.63, 3.8) is 0 Å². The molecule has 0 spiro atoms. The highest BCUT2D eigenvalue weighted by molar-refractivity contribution is 5.97. The number of rotatable bonds is 17. The summed E-state index contributed by atoms with van der Waals surface area (Å²) in [6.45, 7) is -1.75. The Hall–Kier alpha value is -13.9. The van der Waals surface area contributed by atoms with E-state index in [1.54, 1.807) is 231 Å². The molecule has 1 fully saturated rings. The van der Waals surface area contributed by atoms with Gasteiger partial charge in [-0.15, -0.1) is 0 Å². The second-order valence-corrected chi connectivity index (χ2v) is 25.6. The Kier molecular flexibility index (Phi) is 15.8. The summed E-state index contributed by atoms with van der Waals surface area (Å²) in [5, 5.41) is 72.2. The van der Waals surface area contributed by atoms with E-state index in [4.69, 9.17) is 52.1 Å². The van der Waals surface area contributed by atoms with Gasteiger partial charge in [0.1, 0.15) is 0 Å². The van der Waals surface area contributed by atoms with Crippen molar-refractivity contribution in [2.45, 2.75) is 41.1 Å². The van der Waals surface area contributed by atoms with Gasteiger partial charge < -0.3 is 82.7 Å². The minimum absolute atomic E-state index is 0.0322. The van der Waals surface area contributed by atoms with E-state index in [-0.39, 0.29) is 68.2 Å². The first-order valence-corrected chi connectivity index (χ1v) is 33.5. The van der Waals surface area contributed by atoms with Crippen molar-refractivity contribution in [2.24, 2.45) is 0 Å². The summed E-state index contributed by atoms with van der Waals surface area (Å²) in [4.78, 5) is 59.0. The van der Waals surface area contributed by atoms with Crippen LogP contribution < -0.4 is 37.9 Å². The normalized spacial score (nSPS) is 17.5. The molecule has 1 saturated heterocycles. The summed E-state index contributed by atoms with van der Waals surface area (Å²) < 4.78 is 74.2. The highest BCUT2D eigenvalue weighted by Crippen LogP contribution is 2.67. The number of carboxylic acid groups (broad SMARTS) is 2. The Balaban J connectivity index is 0.850. The van der Waals surface area contributed by atoms with Crippen LogP contribution in [-0.4, -0.2) is 67.9 Å². The fourth-order valence-corrected chi connectivity index (χ4v) is 14.8. The van der Waals surface area contributed by atoms with Crippen LogP contribution in [0.2, 0.25) is 0 Å². The van der Waals surface area contributed by atoms with E-state index >= 15 is 4.79 Å². The molecule has 106 heavy (non-hydrogen) atoms. The van der Waals surface area contributed by atoms with Crippen LogP contribution in [0.5, 0.6) is 69.0 Å². The number of carbonyl (C=O) groups is 4. The SMILES string of the molecule is O=C(OCOC(=O)c1cc(O)c2c(c1[C@@H]1OC[C@@H](c3c(C(=O)O)cc(O)c4c3OC(c3ccccc3)(c3ccccc3)O4)[C@@H]1c1c(C(=O)O)cc(O)c3c1OC(c1ccccc1)(c1ccccc1)O3)OC(c1ccccc1)(c1ccccc1)O2)c1cc(O)c2c(c1)OC(c1ccccc1)(c1ccccc1)O2. The fraction of sp³-hybridized carbons (Fsp3) is 0.106. The number of fused-ring (bicyclic) bond motifs is 4. The third kappa shape index (κ3) is 10.5. The molecule has 0 aliphatic carbocycles. The number of phenols is 4. The van der Waals surface area contributed by atoms with Gasteiger partial charge in [-0.05, 0) is 30.3 Å². The zero-order valence-electron chi connectivity index (χ0n) is 55.4. The Morgan fingerprint density at radius 1 is 0.330 bits per heavy atom. The topological polar surface area (TPSA) is 291 Å². The van der Waals surface area contributed by atoms with Crippen molar-refractivity contribution in [2.75, 3.05) is 13.4 Å². The highest BCUT2D eigenvalue weighted by atomic mass is 16.8. The molecular weight excluding hydrogens is 1360 g/mol. The van der Waals surface area contributed by atoms with Gasteiger partial charge in [0.05, 0.1) is 35.0 Å². The van der Waals surface area contributed by atoms with Gasteiger partial charge in [-0.2, -0.15) is 0 Å². The van der Waals surface area contributed by atoms with Crippen LogP contribution in [0, 0.1) is 0 Å². The number of hydrogen-bond donors (Lipinski definition) is 6. The molecule has 21 nitrogen and oxygen atoms in total. The largest absolute Gasteiger partial charge is 0.504 e. The average Bonchev–Trinajstić information content (AvgIpc) is 1.54. The molecule has 12 aromatic carbocycles. The molecule has 524 valence electrons. The van der Waals surface area contributed by atoms with E-state index in [1.165, 1.54) is 6.07 Å². The molecule has 12 aromatic rings. The number of phenolic OH excluding ortho intramolecular Hbond substituents is 4. The second kappa shape index (κ2) is 25.5. The first-order chi connectivity index (χ1) is 51.6. The number of carbonyl (C=O) groups excluding carboxylic acids is 2. The third-order valence-corrected chi connectivity index (χ3v) is 19.5. The molecule has 0 radical (unpaired) electrons. The molecular formula is C85H58O21. The molecule has 0 saturated carbocycles. The lowest BCUT2D eigenvalue weighted by Crippen LogP contribution is -2.37. The van der Waals surface area contributed by atoms with Crippen LogP contribution in [-0.2, 0) is 37.4 Å². The lowest BCUT2D eigenvalue weighted by molar-refractivity contribution is -0.0486. The lowest BCUT2D eigenvalue weighted by atomic mass is 9.74. The number of benzene rings is 12. The molecule has 3 atom stereocenters. The summed E-state index contributed by atoms with van der Waals surface area (Å²) in [6.07, 6.45) is -1.84. The Morgan fingerprint density at radius 3 is 0.991 bits per heavy atom. The maximum Gasteiger partial charge on any atom is 0.341 e. The molecule has 0 aromatic heterocycles. The van der Waals surface area contributed by atoms with E-state index < -0.39 is 118 Å². The molecule has 6 N–H and O–H groups in total. The van der Waals surface area contributed by atoms with Gasteiger partial charge >= 0.3 is 47.0 Å².